The second-order valence-electron chi connectivity index (χ2n) is 17.1. The summed E-state index contributed by atoms with van der Waals surface area (Å²) in [6.45, 7) is 14.5. The number of ether oxygens (including phenoxy) is 1. The van der Waals surface area contributed by atoms with Gasteiger partial charge in [0, 0.05) is 23.4 Å². The minimum atomic E-state index is -0.564. The van der Waals surface area contributed by atoms with E-state index in [-0.39, 0.29) is 52.6 Å². The smallest absolute Gasteiger partial charge is 0.313 e. The first kappa shape index (κ1) is 31.0. The molecule has 45 heavy (non-hydrogen) atoms. The van der Waals surface area contributed by atoms with E-state index in [9.17, 15) is 14.3 Å². The molecule has 8 atom stereocenters. The van der Waals surface area contributed by atoms with Gasteiger partial charge in [-0.3, -0.25) is 14.8 Å². The minimum Gasteiger partial charge on any atom is -0.460 e. The van der Waals surface area contributed by atoms with Crippen LogP contribution in [0.4, 0.5) is 4.39 Å². The van der Waals surface area contributed by atoms with Crippen LogP contribution in [0.15, 0.2) is 48.3 Å². The first-order valence-corrected chi connectivity index (χ1v) is 17.3. The summed E-state index contributed by atoms with van der Waals surface area (Å²) in [5, 5.41) is 10.9. The SMILES string of the molecule is CC1(C)CC[C@]2(C(=O)OCc3ccccc3F)CC[C@]3(C)C(=CC[C@@H]4[C@@]5(C)Cc6nccnc6[C@@](C)(CO)[C@@H]5CC[C@]43C)[C@@H]2C1. The lowest BCUT2D eigenvalue weighted by Gasteiger charge is -2.70. The molecule has 5 nitrogen and oxygen atoms in total. The third kappa shape index (κ3) is 4.22. The summed E-state index contributed by atoms with van der Waals surface area (Å²) in [6, 6.07) is 6.60. The number of carbonyl (C=O) groups excluding carboxylic acids is 1. The Labute approximate surface area is 268 Å². The van der Waals surface area contributed by atoms with Gasteiger partial charge in [0.1, 0.15) is 12.4 Å². The highest BCUT2D eigenvalue weighted by molar-refractivity contribution is 5.79. The summed E-state index contributed by atoms with van der Waals surface area (Å²) < 4.78 is 20.5. The van der Waals surface area contributed by atoms with Crippen LogP contribution in [0.25, 0.3) is 0 Å². The molecule has 3 saturated carbocycles. The van der Waals surface area contributed by atoms with Crippen molar-refractivity contribution < 1.29 is 19.0 Å². The molecule has 242 valence electrons. The summed E-state index contributed by atoms with van der Waals surface area (Å²) in [4.78, 5) is 23.9. The highest BCUT2D eigenvalue weighted by Gasteiger charge is 2.69. The molecule has 1 N–H and O–H groups in total. The van der Waals surface area contributed by atoms with Crippen molar-refractivity contribution in [3.63, 3.8) is 0 Å². The second-order valence-corrected chi connectivity index (χ2v) is 17.1. The van der Waals surface area contributed by atoms with Gasteiger partial charge < -0.3 is 9.84 Å². The Morgan fingerprint density at radius 2 is 1.71 bits per heavy atom. The van der Waals surface area contributed by atoms with E-state index in [0.717, 1.165) is 69.2 Å². The standard InChI is InChI=1S/C39H51FN2O3/c1-34(2)15-17-39(33(44)45-23-25-9-7-8-10-28(25)40)18-16-37(5)26(27(39)21-34)11-12-31-35(3)22-29-32(42-20-19-41-29)36(4,24-43)30(35)13-14-38(31,37)6/h7-11,19-20,27,30-31,43H,12-18,21-24H2,1-6H3/t27-,30+,31+,35-,36-,37+,38+,39-/m0/s1. The minimum absolute atomic E-state index is 0.0206. The lowest BCUT2D eigenvalue weighted by atomic mass is 9.33. The lowest BCUT2D eigenvalue weighted by Crippen LogP contribution is -2.65. The van der Waals surface area contributed by atoms with Gasteiger partial charge in [0.25, 0.3) is 0 Å². The summed E-state index contributed by atoms with van der Waals surface area (Å²) in [5.41, 5.74) is 3.06. The Balaban J connectivity index is 1.27. The molecule has 0 unspecified atom stereocenters. The van der Waals surface area contributed by atoms with Gasteiger partial charge in [-0.1, -0.05) is 71.4 Å². The zero-order valence-electron chi connectivity index (χ0n) is 28.1. The molecule has 1 aromatic heterocycles. The maximum Gasteiger partial charge on any atom is 0.313 e. The Morgan fingerprint density at radius 3 is 2.47 bits per heavy atom. The van der Waals surface area contributed by atoms with Crippen molar-refractivity contribution in [2.24, 2.45) is 44.8 Å². The number of carbonyl (C=O) groups is 1. The van der Waals surface area contributed by atoms with Gasteiger partial charge in [0.05, 0.1) is 23.4 Å². The molecule has 0 saturated heterocycles. The molecule has 0 aliphatic heterocycles. The van der Waals surface area contributed by atoms with E-state index in [0.29, 0.717) is 17.4 Å². The number of benzene rings is 1. The van der Waals surface area contributed by atoms with Crippen molar-refractivity contribution >= 4 is 5.97 Å². The average Bonchev–Trinajstić information content (AvgIpc) is 3.00. The number of aromatic nitrogens is 2. The molecule has 0 bridgehead atoms. The number of hydrogen-bond acceptors (Lipinski definition) is 5. The van der Waals surface area contributed by atoms with Crippen molar-refractivity contribution in [2.75, 3.05) is 6.61 Å². The van der Waals surface area contributed by atoms with Crippen molar-refractivity contribution in [3.8, 4) is 0 Å². The van der Waals surface area contributed by atoms with Gasteiger partial charge >= 0.3 is 5.97 Å². The average molecular weight is 615 g/mol. The van der Waals surface area contributed by atoms with E-state index in [1.165, 1.54) is 11.6 Å². The number of hydrogen-bond donors (Lipinski definition) is 1. The molecule has 5 aliphatic carbocycles. The molecule has 2 aromatic rings. The topological polar surface area (TPSA) is 72.3 Å². The number of aliphatic hydroxyl groups excluding tert-OH is 1. The third-order valence-corrected chi connectivity index (χ3v) is 14.6. The van der Waals surface area contributed by atoms with E-state index in [2.05, 4.69) is 47.6 Å². The van der Waals surface area contributed by atoms with E-state index in [1.54, 1.807) is 30.6 Å². The Bertz CT molecular complexity index is 1550. The lowest BCUT2D eigenvalue weighted by molar-refractivity contribution is -0.184. The molecule has 6 heteroatoms. The van der Waals surface area contributed by atoms with Crippen LogP contribution in [0, 0.1) is 50.6 Å². The number of aliphatic hydroxyl groups is 1. The van der Waals surface area contributed by atoms with Crippen LogP contribution in [0.3, 0.4) is 0 Å². The van der Waals surface area contributed by atoms with E-state index >= 15 is 0 Å². The number of nitrogens with zero attached hydrogens (tertiary/aromatic N) is 2. The van der Waals surface area contributed by atoms with Crippen LogP contribution >= 0.6 is 0 Å². The van der Waals surface area contributed by atoms with Crippen LogP contribution < -0.4 is 0 Å². The zero-order valence-corrected chi connectivity index (χ0v) is 28.1. The van der Waals surface area contributed by atoms with Gasteiger partial charge in [-0.25, -0.2) is 4.39 Å². The first-order chi connectivity index (χ1) is 21.2. The molecule has 0 radical (unpaired) electrons. The number of esters is 1. The quantitative estimate of drug-likeness (QED) is 0.278. The zero-order chi connectivity index (χ0) is 32.0. The van der Waals surface area contributed by atoms with Crippen LogP contribution in [-0.2, 0) is 28.0 Å². The maximum absolute atomic E-state index is 14.5. The van der Waals surface area contributed by atoms with Gasteiger partial charge in [0.2, 0.25) is 0 Å². The number of halogens is 1. The highest BCUT2D eigenvalue weighted by atomic mass is 19.1. The predicted octanol–water partition coefficient (Wildman–Crippen LogP) is 8.15. The van der Waals surface area contributed by atoms with Gasteiger partial charge in [-0.15, -0.1) is 0 Å². The number of allylic oxidation sites excluding steroid dienone is 2. The molecule has 1 aromatic carbocycles. The third-order valence-electron chi connectivity index (χ3n) is 14.6. The normalized spacial score (nSPS) is 41.3. The van der Waals surface area contributed by atoms with Crippen LogP contribution in [0.5, 0.6) is 0 Å². The molecule has 1 heterocycles. The molecule has 3 fully saturated rings. The monoisotopic (exact) mass is 614 g/mol. The molecule has 0 spiro atoms. The first-order valence-electron chi connectivity index (χ1n) is 17.3. The van der Waals surface area contributed by atoms with Crippen molar-refractivity contribution in [3.05, 3.63) is 71.1 Å². The fraction of sp³-hybridized carbons (Fsp3) is 0.667. The second kappa shape index (κ2) is 10.2. The maximum atomic E-state index is 14.5. The van der Waals surface area contributed by atoms with E-state index in [4.69, 9.17) is 14.7 Å². The fourth-order valence-electron chi connectivity index (χ4n) is 11.9. The molecule has 7 rings (SSSR count). The Kier molecular flexibility index (Phi) is 7.03. The largest absolute Gasteiger partial charge is 0.460 e. The summed E-state index contributed by atoms with van der Waals surface area (Å²) >= 11 is 0. The van der Waals surface area contributed by atoms with E-state index < -0.39 is 10.8 Å². The van der Waals surface area contributed by atoms with Crippen LogP contribution in [-0.4, -0.2) is 27.7 Å². The van der Waals surface area contributed by atoms with E-state index in [1.807, 2.05) is 0 Å². The van der Waals surface area contributed by atoms with Crippen molar-refractivity contribution in [2.45, 2.75) is 111 Å². The summed E-state index contributed by atoms with van der Waals surface area (Å²) in [7, 11) is 0. The number of fused-ring (bicyclic) bond motifs is 8. The van der Waals surface area contributed by atoms with Gasteiger partial charge in [-0.2, -0.15) is 0 Å². The molecule has 0 amide bonds. The van der Waals surface area contributed by atoms with Gasteiger partial charge in [-0.05, 0) is 103 Å². The predicted molar refractivity (Wildman–Crippen MR) is 172 cm³/mol. The molecule has 5 aliphatic rings. The highest BCUT2D eigenvalue weighted by Crippen LogP contribution is 2.75. The summed E-state index contributed by atoms with van der Waals surface area (Å²) in [6.07, 6.45) is 14.7. The van der Waals surface area contributed by atoms with Crippen molar-refractivity contribution in [1.29, 1.82) is 0 Å². The van der Waals surface area contributed by atoms with Gasteiger partial charge in [0.15, 0.2) is 0 Å². The molecular weight excluding hydrogens is 563 g/mol. The summed E-state index contributed by atoms with van der Waals surface area (Å²) in [5.74, 6) is 0.401. The fourth-order valence-corrected chi connectivity index (χ4v) is 11.9. The number of rotatable bonds is 4. The van der Waals surface area contributed by atoms with Crippen LogP contribution in [0.2, 0.25) is 0 Å². The Morgan fingerprint density at radius 1 is 0.978 bits per heavy atom. The molecular formula is C39H51FN2O3. The van der Waals surface area contributed by atoms with Crippen molar-refractivity contribution in [1.82, 2.24) is 9.97 Å². The van der Waals surface area contributed by atoms with Crippen LogP contribution in [0.1, 0.15) is 110 Å². The Hall–Kier alpha value is -2.60.